The van der Waals surface area contributed by atoms with Gasteiger partial charge in [0, 0.05) is 24.2 Å². The maximum Gasteiger partial charge on any atom is 0.159 e. The molecular weight excluding hydrogens is 442 g/mol. The molecule has 1 fully saturated rings. The number of likely N-dealkylation sites (tertiary alicyclic amines) is 1. The van der Waals surface area contributed by atoms with E-state index in [0.29, 0.717) is 12.6 Å². The summed E-state index contributed by atoms with van der Waals surface area (Å²) in [6.45, 7) is 2.43. The molecule has 0 saturated carbocycles. The number of ether oxygens (including phenoxy) is 3. The molecule has 1 aromatic heterocycles. The lowest BCUT2D eigenvalue weighted by atomic mass is 9.94. The van der Waals surface area contributed by atoms with Crippen LogP contribution in [-0.4, -0.2) is 53.8 Å². The number of rotatable bonds is 8. The molecule has 1 aromatic carbocycles. The summed E-state index contributed by atoms with van der Waals surface area (Å²) in [7, 11) is 1.64. The molecule has 7 nitrogen and oxygen atoms in total. The number of piperidine rings is 1. The van der Waals surface area contributed by atoms with E-state index in [-0.39, 0.29) is 6.04 Å². The van der Waals surface area contributed by atoms with E-state index in [0.717, 1.165) is 66.7 Å². The van der Waals surface area contributed by atoms with E-state index >= 15 is 0 Å². The fraction of sp³-hybridized carbons (Fsp3) is 0.393. The van der Waals surface area contributed by atoms with Gasteiger partial charge in [-0.25, -0.2) is 0 Å². The van der Waals surface area contributed by atoms with E-state index in [1.807, 2.05) is 24.3 Å². The van der Waals surface area contributed by atoms with Crippen molar-refractivity contribution in [3.05, 3.63) is 84.4 Å². The van der Waals surface area contributed by atoms with Gasteiger partial charge in [-0.2, -0.15) is 0 Å². The summed E-state index contributed by atoms with van der Waals surface area (Å²) < 4.78 is 16.6. The zero-order valence-corrected chi connectivity index (χ0v) is 20.1. The van der Waals surface area contributed by atoms with Gasteiger partial charge in [-0.05, 0) is 62.0 Å². The van der Waals surface area contributed by atoms with Crippen LogP contribution in [0.4, 0.5) is 0 Å². The lowest BCUT2D eigenvalue weighted by molar-refractivity contribution is 0.0935. The van der Waals surface area contributed by atoms with Crippen molar-refractivity contribution in [2.75, 3.05) is 26.7 Å². The summed E-state index contributed by atoms with van der Waals surface area (Å²) in [5.74, 6) is 1.52. The second-order valence-corrected chi connectivity index (χ2v) is 9.20. The Morgan fingerprint density at radius 1 is 1.23 bits per heavy atom. The highest BCUT2D eigenvalue weighted by atomic mass is 16.5. The summed E-state index contributed by atoms with van der Waals surface area (Å²) in [6, 6.07) is 8.11. The van der Waals surface area contributed by atoms with Gasteiger partial charge in [-0.3, -0.25) is 4.98 Å². The maximum atomic E-state index is 11.1. The minimum Gasteiger partial charge on any atom is -0.494 e. The van der Waals surface area contributed by atoms with Gasteiger partial charge < -0.3 is 29.5 Å². The maximum absolute atomic E-state index is 11.1. The van der Waals surface area contributed by atoms with Gasteiger partial charge in [-0.15, -0.1) is 0 Å². The van der Waals surface area contributed by atoms with Crippen LogP contribution in [0.1, 0.15) is 37.4 Å². The standard InChI is InChI=1S/C28H33N3O4/c1-33-25-9-5-8-23-22(10-13-29-28(23)25)24(32)18-31-14-11-21(12-15-31)30-27(20-6-3-2-4-7-20)26-19-34-16-17-35-26/h2-3,5-6,8-10,13,16-17,19,21,24,27,30,32H,4,7,11-12,14-15,18H2,1H3/t24-,27?/m0/s1. The van der Waals surface area contributed by atoms with Crippen LogP contribution >= 0.6 is 0 Å². The Kier molecular flexibility index (Phi) is 7.47. The molecule has 2 aliphatic heterocycles. The number of para-hydroxylation sites is 1. The summed E-state index contributed by atoms with van der Waals surface area (Å²) >= 11 is 0. The Hall–Kier alpha value is -3.13. The second-order valence-electron chi connectivity index (χ2n) is 9.20. The number of fused-ring (bicyclic) bond motifs is 1. The molecule has 3 aliphatic rings. The van der Waals surface area contributed by atoms with Crippen LogP contribution in [0.5, 0.6) is 5.75 Å². The van der Waals surface area contributed by atoms with Crippen molar-refractivity contribution in [3.8, 4) is 5.75 Å². The van der Waals surface area contributed by atoms with Crippen molar-refractivity contribution in [2.24, 2.45) is 0 Å². The normalized spacial score (nSPS) is 20.5. The minimum atomic E-state index is -0.589. The third-order valence-corrected chi connectivity index (χ3v) is 6.99. The van der Waals surface area contributed by atoms with Gasteiger partial charge in [0.2, 0.25) is 0 Å². The quantitative estimate of drug-likeness (QED) is 0.588. The first-order chi connectivity index (χ1) is 17.2. The van der Waals surface area contributed by atoms with E-state index in [9.17, 15) is 5.11 Å². The van der Waals surface area contributed by atoms with Crippen LogP contribution in [0.15, 0.2) is 78.8 Å². The molecule has 0 amide bonds. The molecule has 0 radical (unpaired) electrons. The van der Waals surface area contributed by atoms with Crippen LogP contribution < -0.4 is 10.1 Å². The smallest absolute Gasteiger partial charge is 0.159 e. The number of pyridine rings is 1. The van der Waals surface area contributed by atoms with E-state index in [2.05, 4.69) is 33.4 Å². The number of methoxy groups -OCH3 is 1. The zero-order valence-electron chi connectivity index (χ0n) is 20.1. The minimum absolute atomic E-state index is 0.00482. The predicted molar refractivity (Wildman–Crippen MR) is 135 cm³/mol. The van der Waals surface area contributed by atoms with Gasteiger partial charge in [0.05, 0.1) is 19.3 Å². The van der Waals surface area contributed by atoms with E-state index < -0.39 is 6.10 Å². The number of allylic oxidation sites excluding steroid dienone is 3. The molecule has 1 saturated heterocycles. The highest BCUT2D eigenvalue weighted by Crippen LogP contribution is 2.30. The molecule has 5 rings (SSSR count). The summed E-state index contributed by atoms with van der Waals surface area (Å²) in [5, 5.41) is 15.9. The Morgan fingerprint density at radius 2 is 2.11 bits per heavy atom. The molecule has 2 aromatic rings. The number of β-amino-alcohol motifs (C(OH)–C–C–N with tert-alkyl or cyclic N) is 1. The van der Waals surface area contributed by atoms with Gasteiger partial charge in [0.15, 0.2) is 5.76 Å². The SMILES string of the molecule is COc1cccc2c([C@@H](O)CN3CCC(NC(C4=CC=CCC4)C4=COC=CO4)CC3)ccnc12. The molecular formula is C28H33N3O4. The van der Waals surface area contributed by atoms with Gasteiger partial charge in [0.25, 0.3) is 0 Å². The number of aliphatic hydroxyl groups is 1. The zero-order chi connectivity index (χ0) is 24.0. The predicted octanol–water partition coefficient (Wildman–Crippen LogP) is 4.34. The first-order valence-electron chi connectivity index (χ1n) is 12.3. The fourth-order valence-corrected chi connectivity index (χ4v) is 5.13. The van der Waals surface area contributed by atoms with Crippen molar-refractivity contribution in [1.29, 1.82) is 0 Å². The highest BCUT2D eigenvalue weighted by Gasteiger charge is 2.28. The Balaban J connectivity index is 1.21. The molecule has 0 spiro atoms. The fourth-order valence-electron chi connectivity index (χ4n) is 5.13. The first kappa shape index (κ1) is 23.6. The molecule has 1 unspecified atom stereocenters. The van der Waals surface area contributed by atoms with Crippen molar-refractivity contribution in [3.63, 3.8) is 0 Å². The molecule has 0 bridgehead atoms. The lowest BCUT2D eigenvalue weighted by Crippen LogP contribution is -2.48. The molecule has 7 heteroatoms. The number of hydrogen-bond acceptors (Lipinski definition) is 7. The van der Waals surface area contributed by atoms with Crippen LogP contribution in [0, 0.1) is 0 Å². The molecule has 2 atom stereocenters. The summed E-state index contributed by atoms with van der Waals surface area (Å²) in [5.41, 5.74) is 2.99. The van der Waals surface area contributed by atoms with Gasteiger partial charge in [-0.1, -0.05) is 30.4 Å². The first-order valence-corrected chi connectivity index (χ1v) is 12.3. The summed E-state index contributed by atoms with van der Waals surface area (Å²) in [4.78, 5) is 6.80. The highest BCUT2D eigenvalue weighted by molar-refractivity contribution is 5.87. The van der Waals surface area contributed by atoms with Crippen molar-refractivity contribution in [2.45, 2.75) is 43.9 Å². The number of nitrogens with one attached hydrogen (secondary N) is 1. The number of hydrogen-bond donors (Lipinski definition) is 2. The molecule has 184 valence electrons. The number of aliphatic hydroxyl groups excluding tert-OH is 1. The van der Waals surface area contributed by atoms with Gasteiger partial charge >= 0.3 is 0 Å². The van der Waals surface area contributed by atoms with Crippen molar-refractivity contribution < 1.29 is 19.3 Å². The van der Waals surface area contributed by atoms with Crippen LogP contribution in [0.2, 0.25) is 0 Å². The average molecular weight is 476 g/mol. The Labute approximate surface area is 206 Å². The van der Waals surface area contributed by atoms with E-state index in [1.54, 1.807) is 32.1 Å². The lowest BCUT2D eigenvalue weighted by Gasteiger charge is -2.36. The van der Waals surface area contributed by atoms with Crippen molar-refractivity contribution >= 4 is 10.9 Å². The largest absolute Gasteiger partial charge is 0.494 e. The van der Waals surface area contributed by atoms with E-state index in [1.165, 1.54) is 5.57 Å². The molecule has 3 heterocycles. The Morgan fingerprint density at radius 3 is 2.86 bits per heavy atom. The number of nitrogens with zero attached hydrogens (tertiary/aromatic N) is 2. The van der Waals surface area contributed by atoms with E-state index in [4.69, 9.17) is 14.2 Å². The third kappa shape index (κ3) is 5.42. The van der Waals surface area contributed by atoms with Crippen molar-refractivity contribution in [1.82, 2.24) is 15.2 Å². The number of aromatic nitrogens is 1. The summed E-state index contributed by atoms with van der Waals surface area (Å²) in [6.07, 6.45) is 16.5. The Bertz CT molecular complexity index is 1150. The van der Waals surface area contributed by atoms with Crippen LogP contribution in [0.25, 0.3) is 10.9 Å². The van der Waals surface area contributed by atoms with Gasteiger partial charge in [0.1, 0.15) is 30.1 Å². The number of benzene rings is 1. The monoisotopic (exact) mass is 475 g/mol. The molecule has 35 heavy (non-hydrogen) atoms. The third-order valence-electron chi connectivity index (χ3n) is 6.99. The van der Waals surface area contributed by atoms with Crippen LogP contribution in [0.3, 0.4) is 0 Å². The topological polar surface area (TPSA) is 76.1 Å². The molecule has 1 aliphatic carbocycles. The molecule has 2 N–H and O–H groups in total. The van der Waals surface area contributed by atoms with Crippen LogP contribution in [-0.2, 0) is 9.47 Å². The second kappa shape index (κ2) is 11.1. The average Bonchev–Trinajstić information content (AvgIpc) is 2.93.